The van der Waals surface area contributed by atoms with Gasteiger partial charge in [0.25, 0.3) is 0 Å². The van der Waals surface area contributed by atoms with Gasteiger partial charge in [0, 0.05) is 0 Å². The van der Waals surface area contributed by atoms with Crippen molar-refractivity contribution in [1.82, 2.24) is 0 Å². The molecule has 0 amide bonds. The molecule has 0 aromatic rings. The lowest BCUT2D eigenvalue weighted by Crippen LogP contribution is -2.67. The number of halogens is 15. The molecule has 0 spiro atoms. The predicted octanol–water partition coefficient (Wildman–Crippen LogP) is 4.72. The molecule has 1 nitrogen and oxygen atoms in total. The van der Waals surface area contributed by atoms with Gasteiger partial charge < -0.3 is 0 Å². The monoisotopic (exact) mass is 398 g/mol. The van der Waals surface area contributed by atoms with Gasteiger partial charge in [0.05, 0.1) is 0 Å². The highest BCUT2D eigenvalue weighted by Crippen LogP contribution is 2.63. The molecule has 1 aliphatic rings. The Bertz CT molecular complexity index is 502. The number of alkyl halides is 15. The van der Waals surface area contributed by atoms with Crippen molar-refractivity contribution < 1.29 is 70.6 Å². The molecule has 0 bridgehead atoms. The van der Waals surface area contributed by atoms with Crippen LogP contribution in [-0.4, -0.2) is 48.0 Å². The van der Waals surface area contributed by atoms with Gasteiger partial charge in [-0.25, -0.2) is 0 Å². The summed E-state index contributed by atoms with van der Waals surface area (Å²) >= 11 is 0. The Labute approximate surface area is 120 Å². The first-order valence-corrected chi connectivity index (χ1v) is 5.10. The van der Waals surface area contributed by atoms with Crippen LogP contribution in [0.25, 0.3) is 0 Å². The number of hydrogen-bond donors (Lipinski definition) is 0. The van der Waals surface area contributed by atoms with Crippen LogP contribution in [0.1, 0.15) is 0 Å². The molecule has 1 atom stereocenters. The summed E-state index contributed by atoms with van der Waals surface area (Å²) in [6.45, 7) is 0. The maximum atomic E-state index is 13.1. The molecule has 16 heteroatoms. The Kier molecular flexibility index (Phi) is 4.15. The smallest absolute Gasteiger partial charge is 0.299 e. The van der Waals surface area contributed by atoms with E-state index in [2.05, 4.69) is 4.74 Å². The number of ether oxygens (including phenoxy) is 1. The first-order chi connectivity index (χ1) is 10.1. The Morgan fingerprint density at radius 1 is 0.625 bits per heavy atom. The molecule has 0 radical (unpaired) electrons. The van der Waals surface area contributed by atoms with Crippen molar-refractivity contribution in [2.24, 2.45) is 0 Å². The van der Waals surface area contributed by atoms with Crippen LogP contribution in [0, 0.1) is 0 Å². The fourth-order valence-electron chi connectivity index (χ4n) is 1.51. The number of hydrogen-bond acceptors (Lipinski definition) is 1. The van der Waals surface area contributed by atoms with Crippen LogP contribution < -0.4 is 0 Å². The molecule has 0 aromatic carbocycles. The zero-order valence-electron chi connectivity index (χ0n) is 10.2. The van der Waals surface area contributed by atoms with E-state index in [0.717, 1.165) is 0 Å². The van der Waals surface area contributed by atoms with Crippen LogP contribution in [0.2, 0.25) is 0 Å². The minimum absolute atomic E-state index is 2.07. The average Bonchev–Trinajstić information content (AvgIpc) is 2.45. The summed E-state index contributed by atoms with van der Waals surface area (Å²) < 4.78 is 190. The van der Waals surface area contributed by atoms with Crippen molar-refractivity contribution in [1.29, 1.82) is 0 Å². The Balaban J connectivity index is 3.50. The van der Waals surface area contributed by atoms with E-state index in [1.165, 1.54) is 0 Å². The first-order valence-electron chi connectivity index (χ1n) is 5.10. The topological polar surface area (TPSA) is 9.23 Å². The fourth-order valence-corrected chi connectivity index (χ4v) is 1.51. The lowest BCUT2D eigenvalue weighted by molar-refractivity contribution is -0.417. The van der Waals surface area contributed by atoms with Gasteiger partial charge in [-0.2, -0.15) is 65.9 Å². The van der Waals surface area contributed by atoms with Gasteiger partial charge in [-0.05, 0) is 0 Å². The van der Waals surface area contributed by atoms with Gasteiger partial charge in [-0.3, -0.25) is 4.74 Å². The maximum absolute atomic E-state index is 13.1. The molecule has 24 heavy (non-hydrogen) atoms. The van der Waals surface area contributed by atoms with Gasteiger partial charge in [0.1, 0.15) is 0 Å². The van der Waals surface area contributed by atoms with Crippen molar-refractivity contribution >= 4 is 0 Å². The van der Waals surface area contributed by atoms with Gasteiger partial charge in [0.2, 0.25) is 6.10 Å². The van der Waals surface area contributed by atoms with E-state index in [1.54, 1.807) is 0 Å². The third-order valence-electron chi connectivity index (χ3n) is 2.88. The van der Waals surface area contributed by atoms with Crippen molar-refractivity contribution in [2.45, 2.75) is 48.0 Å². The molecule has 0 saturated carbocycles. The predicted molar refractivity (Wildman–Crippen MR) is 40.6 cm³/mol. The third kappa shape index (κ3) is 2.23. The second kappa shape index (κ2) is 4.75. The van der Waals surface area contributed by atoms with E-state index < -0.39 is 48.0 Å². The molecule has 1 fully saturated rings. The van der Waals surface area contributed by atoms with Crippen molar-refractivity contribution in [3.05, 3.63) is 0 Å². The van der Waals surface area contributed by atoms with Crippen LogP contribution in [0.5, 0.6) is 0 Å². The number of rotatable bonds is 3. The normalized spacial score (nSPS) is 27.4. The van der Waals surface area contributed by atoms with Crippen LogP contribution in [0.15, 0.2) is 0 Å². The molecule has 1 saturated heterocycles. The molecule has 1 rings (SSSR count). The second-order valence-electron chi connectivity index (χ2n) is 4.48. The standard InChI is InChI=1S/C8HF15O/c9-2(10,4(13,14)6(17,18)7(19,20)21)1-3(11,12)5(15,16)8(22,23)24-1/h1H. The van der Waals surface area contributed by atoms with E-state index >= 15 is 0 Å². The molecular formula is C8HF15O. The van der Waals surface area contributed by atoms with Crippen molar-refractivity contribution in [3.63, 3.8) is 0 Å². The molecule has 0 N–H and O–H groups in total. The minimum Gasteiger partial charge on any atom is -0.299 e. The summed E-state index contributed by atoms with van der Waals surface area (Å²) in [6.07, 6.45) is -19.7. The molecule has 1 unspecified atom stereocenters. The molecule has 0 aliphatic carbocycles. The molecule has 0 aromatic heterocycles. The van der Waals surface area contributed by atoms with Crippen LogP contribution >= 0.6 is 0 Å². The lowest BCUT2D eigenvalue weighted by atomic mass is 9.94. The van der Waals surface area contributed by atoms with E-state index in [9.17, 15) is 65.9 Å². The fraction of sp³-hybridized carbons (Fsp3) is 1.00. The first kappa shape index (κ1) is 21.0. The van der Waals surface area contributed by atoms with Crippen molar-refractivity contribution in [3.8, 4) is 0 Å². The van der Waals surface area contributed by atoms with Crippen molar-refractivity contribution in [2.75, 3.05) is 0 Å². The van der Waals surface area contributed by atoms with Gasteiger partial charge in [0.15, 0.2) is 0 Å². The quantitative estimate of drug-likeness (QED) is 0.626. The highest BCUT2D eigenvalue weighted by Gasteiger charge is 2.93. The van der Waals surface area contributed by atoms with Gasteiger partial charge >= 0.3 is 41.9 Å². The Morgan fingerprint density at radius 2 is 1.00 bits per heavy atom. The molecule has 1 aliphatic heterocycles. The maximum Gasteiger partial charge on any atom is 0.460 e. The highest BCUT2D eigenvalue weighted by atomic mass is 19.4. The van der Waals surface area contributed by atoms with E-state index in [0.29, 0.717) is 0 Å². The minimum atomic E-state index is -7.83. The van der Waals surface area contributed by atoms with Gasteiger partial charge in [-0.1, -0.05) is 0 Å². The van der Waals surface area contributed by atoms with E-state index in [1.807, 2.05) is 0 Å². The summed E-state index contributed by atoms with van der Waals surface area (Å²) in [4.78, 5) is 0. The van der Waals surface area contributed by atoms with Crippen LogP contribution in [0.4, 0.5) is 65.9 Å². The van der Waals surface area contributed by atoms with E-state index in [-0.39, 0.29) is 0 Å². The SMILES string of the molecule is FC(F)(F)C(F)(F)C(F)(F)C(F)(F)C1OC(F)(F)C(F)(F)C1(F)F. The van der Waals surface area contributed by atoms with E-state index in [4.69, 9.17) is 0 Å². The van der Waals surface area contributed by atoms with Crippen LogP contribution in [-0.2, 0) is 4.74 Å². The highest BCUT2D eigenvalue weighted by molar-refractivity contribution is 5.14. The molecular weight excluding hydrogens is 397 g/mol. The summed E-state index contributed by atoms with van der Waals surface area (Å²) in [6, 6.07) is 0. The largest absolute Gasteiger partial charge is 0.460 e. The summed E-state index contributed by atoms with van der Waals surface area (Å²) in [5.74, 6) is -36.8. The average molecular weight is 398 g/mol. The molecule has 144 valence electrons. The Hall–Kier alpha value is -1.09. The summed E-state index contributed by atoms with van der Waals surface area (Å²) in [5.41, 5.74) is 0. The lowest BCUT2D eigenvalue weighted by Gasteiger charge is -2.37. The summed E-state index contributed by atoms with van der Waals surface area (Å²) in [7, 11) is 0. The zero-order chi connectivity index (χ0) is 19.8. The summed E-state index contributed by atoms with van der Waals surface area (Å²) in [5, 5.41) is 0. The third-order valence-corrected chi connectivity index (χ3v) is 2.88. The Morgan fingerprint density at radius 3 is 1.25 bits per heavy atom. The van der Waals surface area contributed by atoms with Crippen LogP contribution in [0.3, 0.4) is 0 Å². The van der Waals surface area contributed by atoms with Gasteiger partial charge in [-0.15, -0.1) is 0 Å². The molecule has 1 heterocycles. The zero-order valence-corrected chi connectivity index (χ0v) is 10.2. The second-order valence-corrected chi connectivity index (χ2v) is 4.48.